The number of hydrogen-bond donors (Lipinski definition) is 0. The van der Waals surface area contributed by atoms with Crippen LogP contribution in [0, 0.1) is 51.2 Å². The fourth-order valence-corrected chi connectivity index (χ4v) is 9.51. The van der Waals surface area contributed by atoms with Crippen molar-refractivity contribution in [3.05, 3.63) is 0 Å². The van der Waals surface area contributed by atoms with Gasteiger partial charge in [0.1, 0.15) is 17.3 Å². The van der Waals surface area contributed by atoms with Crippen LogP contribution in [-0.4, -0.2) is 17.3 Å². The minimum Gasteiger partial charge on any atom is -0.299 e. The Labute approximate surface area is 195 Å². The second-order valence-corrected chi connectivity index (χ2v) is 13.6. The van der Waals surface area contributed by atoms with E-state index >= 15 is 0 Å². The highest BCUT2D eigenvalue weighted by Gasteiger charge is 2.66. The maximum absolute atomic E-state index is 13.6. The molecule has 0 radical (unpaired) electrons. The summed E-state index contributed by atoms with van der Waals surface area (Å²) in [6.45, 7) is 15.9. The highest BCUT2D eigenvalue weighted by atomic mass is 16.1. The van der Waals surface area contributed by atoms with Gasteiger partial charge in [-0.15, -0.1) is 0 Å². The summed E-state index contributed by atoms with van der Waals surface area (Å²) in [7, 11) is 0. The standard InChI is InChI=1S/C29H46O3/c1-18(2)19-8-9-21(30)20(19)12-16-29(7)25(32)11-10-23-27(5)15-14-24(31)26(3,4)22(27)13-17-28(23,29)6/h18-20,22-23H,8-17H2,1-7H3. The van der Waals surface area contributed by atoms with Crippen LogP contribution >= 0.6 is 0 Å². The predicted molar refractivity (Wildman–Crippen MR) is 128 cm³/mol. The van der Waals surface area contributed by atoms with Gasteiger partial charge in [0.05, 0.1) is 0 Å². The Morgan fingerprint density at radius 3 is 2.16 bits per heavy atom. The molecule has 4 rings (SSSR count). The van der Waals surface area contributed by atoms with Crippen molar-refractivity contribution in [1.82, 2.24) is 0 Å². The zero-order valence-corrected chi connectivity index (χ0v) is 21.7. The maximum Gasteiger partial charge on any atom is 0.139 e. The van der Waals surface area contributed by atoms with Gasteiger partial charge >= 0.3 is 0 Å². The quantitative estimate of drug-likeness (QED) is 0.480. The number of Topliss-reactive ketones (excluding diaryl/α,β-unsaturated/α-hetero) is 3. The normalized spacial score (nSPS) is 46.3. The van der Waals surface area contributed by atoms with Crippen molar-refractivity contribution in [1.29, 1.82) is 0 Å². The van der Waals surface area contributed by atoms with Crippen LogP contribution < -0.4 is 0 Å². The lowest BCUT2D eigenvalue weighted by Gasteiger charge is -2.67. The first kappa shape index (κ1) is 24.1. The molecule has 0 spiro atoms. The third kappa shape index (κ3) is 3.22. The summed E-state index contributed by atoms with van der Waals surface area (Å²) >= 11 is 0. The van der Waals surface area contributed by atoms with Gasteiger partial charge in [-0.2, -0.15) is 0 Å². The molecule has 4 saturated carbocycles. The molecule has 0 aromatic rings. The zero-order valence-electron chi connectivity index (χ0n) is 21.7. The summed E-state index contributed by atoms with van der Waals surface area (Å²) < 4.78 is 0. The van der Waals surface area contributed by atoms with E-state index in [1.807, 2.05) is 0 Å². The van der Waals surface area contributed by atoms with Crippen LogP contribution in [0.3, 0.4) is 0 Å². The molecule has 0 amide bonds. The summed E-state index contributed by atoms with van der Waals surface area (Å²) in [5.41, 5.74) is -0.540. The summed E-state index contributed by atoms with van der Waals surface area (Å²) in [4.78, 5) is 39.1. The molecule has 0 aromatic carbocycles. The Morgan fingerprint density at radius 2 is 1.50 bits per heavy atom. The number of rotatable bonds is 4. The van der Waals surface area contributed by atoms with E-state index in [9.17, 15) is 14.4 Å². The van der Waals surface area contributed by atoms with Crippen molar-refractivity contribution in [3.63, 3.8) is 0 Å². The van der Waals surface area contributed by atoms with Gasteiger partial charge in [-0.05, 0) is 79.4 Å². The number of ketones is 3. The van der Waals surface area contributed by atoms with Crippen LogP contribution in [0.1, 0.15) is 113 Å². The van der Waals surface area contributed by atoms with Crippen LogP contribution in [0.15, 0.2) is 0 Å². The monoisotopic (exact) mass is 442 g/mol. The van der Waals surface area contributed by atoms with Gasteiger partial charge in [0, 0.05) is 36.0 Å². The van der Waals surface area contributed by atoms with Gasteiger partial charge < -0.3 is 0 Å². The zero-order chi connectivity index (χ0) is 23.7. The molecule has 3 heteroatoms. The molecule has 0 aromatic heterocycles. The van der Waals surface area contributed by atoms with E-state index in [0.717, 1.165) is 51.4 Å². The first-order chi connectivity index (χ1) is 14.8. The van der Waals surface area contributed by atoms with Gasteiger partial charge in [0.2, 0.25) is 0 Å². The summed E-state index contributed by atoms with van der Waals surface area (Å²) in [6.07, 6.45) is 8.84. The van der Waals surface area contributed by atoms with E-state index in [4.69, 9.17) is 0 Å². The fourth-order valence-electron chi connectivity index (χ4n) is 9.51. The molecule has 3 nitrogen and oxygen atoms in total. The molecule has 7 atom stereocenters. The second-order valence-electron chi connectivity index (χ2n) is 13.6. The van der Waals surface area contributed by atoms with E-state index in [-0.39, 0.29) is 27.6 Å². The molecule has 32 heavy (non-hydrogen) atoms. The van der Waals surface area contributed by atoms with Gasteiger partial charge in [-0.1, -0.05) is 48.5 Å². The molecule has 0 bridgehead atoms. The number of carbonyl (C=O) groups excluding carboxylic acids is 3. The lowest BCUT2D eigenvalue weighted by atomic mass is 9.36. The third-order valence-corrected chi connectivity index (χ3v) is 11.8. The van der Waals surface area contributed by atoms with Crippen molar-refractivity contribution >= 4 is 17.3 Å². The third-order valence-electron chi connectivity index (χ3n) is 11.8. The maximum atomic E-state index is 13.6. The van der Waals surface area contributed by atoms with E-state index in [2.05, 4.69) is 48.5 Å². The topological polar surface area (TPSA) is 51.2 Å². The molecule has 180 valence electrons. The van der Waals surface area contributed by atoms with Crippen molar-refractivity contribution in [2.24, 2.45) is 51.2 Å². The smallest absolute Gasteiger partial charge is 0.139 e. The van der Waals surface area contributed by atoms with E-state index in [0.29, 0.717) is 53.9 Å². The van der Waals surface area contributed by atoms with Gasteiger partial charge in [-0.3, -0.25) is 14.4 Å². The molecule has 7 unspecified atom stereocenters. The van der Waals surface area contributed by atoms with Gasteiger partial charge in [0.15, 0.2) is 0 Å². The summed E-state index contributed by atoms with van der Waals surface area (Å²) in [5.74, 6) is 3.32. The van der Waals surface area contributed by atoms with Crippen LogP contribution in [0.2, 0.25) is 0 Å². The molecular weight excluding hydrogens is 396 g/mol. The number of fused-ring (bicyclic) bond motifs is 3. The van der Waals surface area contributed by atoms with E-state index in [1.54, 1.807) is 0 Å². The predicted octanol–water partition coefficient (Wildman–Crippen LogP) is 6.82. The average molecular weight is 443 g/mol. The molecule has 4 aliphatic rings. The highest BCUT2D eigenvalue weighted by molar-refractivity contribution is 5.88. The minimum absolute atomic E-state index is 0.0426. The molecule has 4 fully saturated rings. The molecule has 4 aliphatic carbocycles. The Balaban J connectivity index is 1.64. The second kappa shape index (κ2) is 7.77. The molecule has 0 N–H and O–H groups in total. The Kier molecular flexibility index (Phi) is 5.86. The SMILES string of the molecule is CC(C)C1CCC(=O)C1CCC1(C)C(=O)CCC2C3(C)CCC(=O)C(C)(C)C3CCC21C. The van der Waals surface area contributed by atoms with Gasteiger partial charge in [-0.25, -0.2) is 0 Å². The largest absolute Gasteiger partial charge is 0.299 e. The van der Waals surface area contributed by atoms with Crippen molar-refractivity contribution in [3.8, 4) is 0 Å². The Bertz CT molecular complexity index is 809. The molecule has 0 aliphatic heterocycles. The lowest BCUT2D eigenvalue weighted by molar-refractivity contribution is -0.195. The molecule has 0 heterocycles. The van der Waals surface area contributed by atoms with Gasteiger partial charge in [0.25, 0.3) is 0 Å². The number of carbonyl (C=O) groups is 3. The van der Waals surface area contributed by atoms with Crippen LogP contribution in [-0.2, 0) is 14.4 Å². The first-order valence-corrected chi connectivity index (χ1v) is 13.4. The van der Waals surface area contributed by atoms with Crippen LogP contribution in [0.25, 0.3) is 0 Å². The first-order valence-electron chi connectivity index (χ1n) is 13.4. The highest BCUT2D eigenvalue weighted by Crippen LogP contribution is 2.70. The Hall–Kier alpha value is -0.990. The summed E-state index contributed by atoms with van der Waals surface area (Å²) in [6, 6.07) is 0. The number of hydrogen-bond acceptors (Lipinski definition) is 3. The minimum atomic E-state index is -0.361. The van der Waals surface area contributed by atoms with Crippen molar-refractivity contribution < 1.29 is 14.4 Å². The summed E-state index contributed by atoms with van der Waals surface area (Å²) in [5, 5.41) is 0. The average Bonchev–Trinajstić information content (AvgIpc) is 3.08. The van der Waals surface area contributed by atoms with Crippen molar-refractivity contribution in [2.75, 3.05) is 0 Å². The Morgan fingerprint density at radius 1 is 0.812 bits per heavy atom. The van der Waals surface area contributed by atoms with Crippen molar-refractivity contribution in [2.45, 2.75) is 113 Å². The van der Waals surface area contributed by atoms with Crippen LogP contribution in [0.5, 0.6) is 0 Å². The molecular formula is C29H46O3. The van der Waals surface area contributed by atoms with E-state index in [1.165, 1.54) is 0 Å². The van der Waals surface area contributed by atoms with E-state index < -0.39 is 0 Å². The fraction of sp³-hybridized carbons (Fsp3) is 0.897. The lowest BCUT2D eigenvalue weighted by Crippen LogP contribution is -2.64. The van der Waals surface area contributed by atoms with Crippen LogP contribution in [0.4, 0.5) is 0 Å². The molecule has 0 saturated heterocycles.